The third-order valence-corrected chi connectivity index (χ3v) is 3.66. The van der Waals surface area contributed by atoms with Gasteiger partial charge in [0.05, 0.1) is 11.4 Å². The molecule has 110 valence electrons. The topological polar surface area (TPSA) is 89.9 Å². The van der Waals surface area contributed by atoms with E-state index in [0.717, 1.165) is 19.5 Å². The molecule has 1 aliphatic rings. The lowest BCUT2D eigenvalue weighted by Crippen LogP contribution is -2.33. The average Bonchev–Trinajstić information content (AvgIpc) is 2.94. The van der Waals surface area contributed by atoms with Gasteiger partial charge in [-0.2, -0.15) is 0 Å². The number of rotatable bonds is 3. The van der Waals surface area contributed by atoms with Gasteiger partial charge in [-0.15, -0.1) is 0 Å². The Morgan fingerprint density at radius 3 is 2.90 bits per heavy atom. The molecule has 2 aromatic heterocycles. The first-order chi connectivity index (χ1) is 10.2. The average molecular weight is 286 g/mol. The smallest absolute Gasteiger partial charge is 0.255 e. The maximum atomic E-state index is 12.3. The van der Waals surface area contributed by atoms with Crippen LogP contribution in [0.15, 0.2) is 29.5 Å². The van der Waals surface area contributed by atoms with Gasteiger partial charge in [0.2, 0.25) is 5.95 Å². The van der Waals surface area contributed by atoms with Crippen molar-refractivity contribution in [3.8, 4) is 11.4 Å². The fourth-order valence-electron chi connectivity index (χ4n) is 2.57. The molecular weight excluding hydrogens is 268 g/mol. The summed E-state index contributed by atoms with van der Waals surface area (Å²) in [4.78, 5) is 27.1. The monoisotopic (exact) mass is 286 g/mol. The largest absolute Gasteiger partial charge is 0.341 e. The van der Waals surface area contributed by atoms with Crippen LogP contribution in [0.2, 0.25) is 0 Å². The summed E-state index contributed by atoms with van der Waals surface area (Å²) < 4.78 is 1.67. The zero-order chi connectivity index (χ0) is 14.8. The second-order valence-corrected chi connectivity index (χ2v) is 5.11. The van der Waals surface area contributed by atoms with Crippen molar-refractivity contribution >= 4 is 5.95 Å². The van der Waals surface area contributed by atoms with Crippen molar-refractivity contribution < 1.29 is 0 Å². The van der Waals surface area contributed by atoms with Crippen LogP contribution in [0.4, 0.5) is 5.95 Å². The maximum Gasteiger partial charge on any atom is 0.255 e. The molecule has 2 N–H and O–H groups in total. The van der Waals surface area contributed by atoms with Crippen LogP contribution in [0, 0.1) is 0 Å². The number of anilines is 1. The van der Waals surface area contributed by atoms with Crippen LogP contribution in [-0.2, 0) is 6.54 Å². The molecule has 1 aliphatic heterocycles. The summed E-state index contributed by atoms with van der Waals surface area (Å²) in [5.74, 6) is 0.673. The zero-order valence-electron chi connectivity index (χ0n) is 11.9. The highest BCUT2D eigenvalue weighted by molar-refractivity contribution is 5.55. The number of hydrogen-bond acceptors (Lipinski definition) is 6. The standard InChI is InChI=1S/C14H18N6O/c1-2-20-13(21)7-12(11-3-5-16-9-17-11)18-14(20)19-6-4-10(15)8-19/h3,5,7,9-10H,2,4,6,8,15H2,1H3/t10-/m1/s1. The third-order valence-electron chi connectivity index (χ3n) is 3.66. The highest BCUT2D eigenvalue weighted by Gasteiger charge is 2.23. The van der Waals surface area contributed by atoms with E-state index in [4.69, 9.17) is 5.73 Å². The molecule has 1 atom stereocenters. The SMILES string of the molecule is CCn1c(N2CC[C@@H](N)C2)nc(-c2ccncn2)cc1=O. The van der Waals surface area contributed by atoms with Gasteiger partial charge in [-0.3, -0.25) is 9.36 Å². The van der Waals surface area contributed by atoms with Crippen molar-refractivity contribution in [2.24, 2.45) is 5.73 Å². The Labute approximate surface area is 122 Å². The first-order valence-corrected chi connectivity index (χ1v) is 7.08. The molecule has 0 radical (unpaired) electrons. The molecular formula is C14H18N6O. The molecule has 1 fully saturated rings. The van der Waals surface area contributed by atoms with Gasteiger partial charge in [-0.05, 0) is 19.4 Å². The molecule has 0 aliphatic carbocycles. The van der Waals surface area contributed by atoms with Crippen LogP contribution in [0.3, 0.4) is 0 Å². The molecule has 0 saturated carbocycles. The van der Waals surface area contributed by atoms with Crippen LogP contribution in [-0.4, -0.2) is 38.7 Å². The van der Waals surface area contributed by atoms with E-state index in [2.05, 4.69) is 19.9 Å². The predicted octanol–water partition coefficient (Wildman–Crippen LogP) is 0.258. The Morgan fingerprint density at radius 1 is 1.43 bits per heavy atom. The normalized spacial score (nSPS) is 18.2. The number of hydrogen-bond donors (Lipinski definition) is 1. The minimum absolute atomic E-state index is 0.0726. The molecule has 0 unspecified atom stereocenters. The van der Waals surface area contributed by atoms with Crippen LogP contribution in [0.1, 0.15) is 13.3 Å². The summed E-state index contributed by atoms with van der Waals surface area (Å²) in [6.45, 7) is 4.06. The Hall–Kier alpha value is -2.28. The molecule has 3 rings (SSSR count). The number of aromatic nitrogens is 4. The van der Waals surface area contributed by atoms with Gasteiger partial charge in [-0.25, -0.2) is 15.0 Å². The zero-order valence-corrected chi connectivity index (χ0v) is 11.9. The Kier molecular flexibility index (Phi) is 3.66. The molecule has 1 saturated heterocycles. The summed E-state index contributed by atoms with van der Waals surface area (Å²) in [5, 5.41) is 0. The predicted molar refractivity (Wildman–Crippen MR) is 80.0 cm³/mol. The van der Waals surface area contributed by atoms with Gasteiger partial charge in [0.1, 0.15) is 6.33 Å². The Balaban J connectivity index is 2.09. The highest BCUT2D eigenvalue weighted by Crippen LogP contribution is 2.20. The first-order valence-electron chi connectivity index (χ1n) is 7.08. The summed E-state index contributed by atoms with van der Waals surface area (Å²) in [7, 11) is 0. The van der Waals surface area contributed by atoms with E-state index in [1.54, 1.807) is 16.8 Å². The number of nitrogens with zero attached hydrogens (tertiary/aromatic N) is 5. The lowest BCUT2D eigenvalue weighted by atomic mass is 10.3. The van der Waals surface area contributed by atoms with Crippen molar-refractivity contribution in [3.05, 3.63) is 35.0 Å². The second kappa shape index (κ2) is 5.61. The van der Waals surface area contributed by atoms with Crippen LogP contribution >= 0.6 is 0 Å². The molecule has 0 amide bonds. The summed E-state index contributed by atoms with van der Waals surface area (Å²) in [5.41, 5.74) is 7.11. The van der Waals surface area contributed by atoms with Gasteiger partial charge in [0, 0.05) is 37.9 Å². The van der Waals surface area contributed by atoms with Crippen molar-refractivity contribution in [3.63, 3.8) is 0 Å². The van der Waals surface area contributed by atoms with Gasteiger partial charge >= 0.3 is 0 Å². The summed E-state index contributed by atoms with van der Waals surface area (Å²) in [6, 6.07) is 3.40. The van der Waals surface area contributed by atoms with Gasteiger partial charge in [0.25, 0.3) is 5.56 Å². The fraction of sp³-hybridized carbons (Fsp3) is 0.429. The molecule has 0 spiro atoms. The van der Waals surface area contributed by atoms with E-state index in [9.17, 15) is 4.79 Å². The molecule has 2 aromatic rings. The second-order valence-electron chi connectivity index (χ2n) is 5.11. The van der Waals surface area contributed by atoms with E-state index in [1.165, 1.54) is 12.4 Å². The van der Waals surface area contributed by atoms with E-state index in [0.29, 0.717) is 23.9 Å². The van der Waals surface area contributed by atoms with Crippen molar-refractivity contribution in [1.29, 1.82) is 0 Å². The Bertz CT molecular complexity index is 684. The quantitative estimate of drug-likeness (QED) is 0.870. The number of nitrogens with two attached hydrogens (primary N) is 1. The minimum Gasteiger partial charge on any atom is -0.341 e. The van der Waals surface area contributed by atoms with E-state index < -0.39 is 0 Å². The molecule has 7 heteroatoms. The minimum atomic E-state index is -0.0726. The Morgan fingerprint density at radius 2 is 2.29 bits per heavy atom. The molecule has 0 aromatic carbocycles. The lowest BCUT2D eigenvalue weighted by Gasteiger charge is -2.21. The van der Waals surface area contributed by atoms with Crippen LogP contribution in [0.25, 0.3) is 11.4 Å². The fourth-order valence-corrected chi connectivity index (χ4v) is 2.57. The van der Waals surface area contributed by atoms with Crippen LogP contribution < -0.4 is 16.2 Å². The maximum absolute atomic E-state index is 12.3. The van der Waals surface area contributed by atoms with E-state index >= 15 is 0 Å². The van der Waals surface area contributed by atoms with Gasteiger partial charge in [0.15, 0.2) is 0 Å². The first kappa shape index (κ1) is 13.7. The molecule has 21 heavy (non-hydrogen) atoms. The molecule has 3 heterocycles. The summed E-state index contributed by atoms with van der Waals surface area (Å²) in [6.07, 6.45) is 4.01. The third kappa shape index (κ3) is 2.64. The molecule has 0 bridgehead atoms. The van der Waals surface area contributed by atoms with Crippen molar-refractivity contribution in [1.82, 2.24) is 19.5 Å². The van der Waals surface area contributed by atoms with Crippen molar-refractivity contribution in [2.75, 3.05) is 18.0 Å². The molecule has 7 nitrogen and oxygen atoms in total. The van der Waals surface area contributed by atoms with E-state index in [1.807, 2.05) is 6.92 Å². The lowest BCUT2D eigenvalue weighted by molar-refractivity contribution is 0.679. The van der Waals surface area contributed by atoms with Gasteiger partial charge in [-0.1, -0.05) is 0 Å². The highest BCUT2D eigenvalue weighted by atomic mass is 16.1. The van der Waals surface area contributed by atoms with E-state index in [-0.39, 0.29) is 11.6 Å². The van der Waals surface area contributed by atoms with Gasteiger partial charge < -0.3 is 10.6 Å². The van der Waals surface area contributed by atoms with Crippen LogP contribution in [0.5, 0.6) is 0 Å². The summed E-state index contributed by atoms with van der Waals surface area (Å²) >= 11 is 0. The van der Waals surface area contributed by atoms with Crippen molar-refractivity contribution in [2.45, 2.75) is 25.9 Å².